The number of esters is 2. The van der Waals surface area contributed by atoms with Crippen molar-refractivity contribution >= 4 is 39.3 Å². The molecule has 4 aromatic rings. The van der Waals surface area contributed by atoms with Crippen molar-refractivity contribution in [2.24, 2.45) is 0 Å². The highest BCUT2D eigenvalue weighted by atomic mass is 16.5. The van der Waals surface area contributed by atoms with Gasteiger partial charge in [-0.3, -0.25) is 4.79 Å². The van der Waals surface area contributed by atoms with E-state index in [0.717, 1.165) is 33.9 Å². The molecule has 0 saturated carbocycles. The number of carbonyl (C=O) groups is 2. The Morgan fingerprint density at radius 3 is 2.44 bits per heavy atom. The van der Waals surface area contributed by atoms with Crippen molar-refractivity contribution in [3.63, 3.8) is 0 Å². The third-order valence-corrected chi connectivity index (χ3v) is 6.21. The summed E-state index contributed by atoms with van der Waals surface area (Å²) < 4.78 is 12.0. The van der Waals surface area contributed by atoms with E-state index in [1.165, 1.54) is 4.57 Å². The van der Waals surface area contributed by atoms with Crippen LogP contribution in [-0.2, 0) is 27.2 Å². The minimum Gasteiger partial charge on any atom is -0.465 e. The van der Waals surface area contributed by atoms with Crippen LogP contribution in [0.15, 0.2) is 48.5 Å². The van der Waals surface area contributed by atoms with Gasteiger partial charge in [0.1, 0.15) is 12.6 Å². The van der Waals surface area contributed by atoms with Crippen LogP contribution in [0.3, 0.4) is 0 Å². The number of ether oxygens (including phenoxy) is 2. The summed E-state index contributed by atoms with van der Waals surface area (Å²) in [5, 5.41) is 12.8. The lowest BCUT2D eigenvalue weighted by Gasteiger charge is -2.16. The predicted molar refractivity (Wildman–Crippen MR) is 141 cm³/mol. The monoisotopic (exact) mass is 483 g/mol. The molecule has 0 radical (unpaired) electrons. The summed E-state index contributed by atoms with van der Waals surface area (Å²) in [6.07, 6.45) is 1.56. The number of nitrogens with zero attached hydrogens (tertiary/aromatic N) is 2. The van der Waals surface area contributed by atoms with Gasteiger partial charge in [-0.25, -0.2) is 4.79 Å². The number of fused-ring (bicyclic) bond motifs is 2. The summed E-state index contributed by atoms with van der Waals surface area (Å²) in [6.45, 7) is 5.54. The molecule has 0 bridgehead atoms. The number of aromatic nitrogens is 1. The highest BCUT2D eigenvalue weighted by molar-refractivity contribution is 6.16. The van der Waals surface area contributed by atoms with Crippen LogP contribution in [0.2, 0.25) is 0 Å². The molecule has 36 heavy (non-hydrogen) atoms. The van der Waals surface area contributed by atoms with Gasteiger partial charge in [0.05, 0.1) is 30.0 Å². The fraction of sp³-hybridized carbons (Fsp3) is 0.276. The van der Waals surface area contributed by atoms with E-state index in [4.69, 9.17) is 15.2 Å². The number of nitrogen functional groups attached to an aromatic ring is 1. The molecule has 184 valence electrons. The van der Waals surface area contributed by atoms with E-state index in [1.54, 1.807) is 13.8 Å². The lowest BCUT2D eigenvalue weighted by Crippen LogP contribution is -2.20. The number of carbonyl (C=O) groups excluding carboxylic acids is 2. The van der Waals surface area contributed by atoms with E-state index in [-0.39, 0.29) is 31.1 Å². The Labute approximate surface area is 210 Å². The number of nitriles is 1. The number of rotatable bonds is 8. The normalized spacial score (nSPS) is 10.9. The second kappa shape index (κ2) is 10.5. The lowest BCUT2D eigenvalue weighted by atomic mass is 9.88. The quantitative estimate of drug-likeness (QED) is 0.327. The topological polar surface area (TPSA) is 107 Å². The zero-order chi connectivity index (χ0) is 25.8. The number of anilines is 1. The molecule has 1 heterocycles. The molecule has 4 rings (SSSR count). The third kappa shape index (κ3) is 4.27. The zero-order valence-corrected chi connectivity index (χ0v) is 20.8. The second-order valence-corrected chi connectivity index (χ2v) is 8.44. The fourth-order valence-electron chi connectivity index (χ4n) is 4.86. The molecule has 0 spiro atoms. The Morgan fingerprint density at radius 2 is 1.75 bits per heavy atom. The molecular formula is C29H29N3O4. The number of aryl methyl sites for hydroxylation is 1. The van der Waals surface area contributed by atoms with E-state index in [9.17, 15) is 14.9 Å². The van der Waals surface area contributed by atoms with Crippen LogP contribution in [0.4, 0.5) is 5.69 Å². The van der Waals surface area contributed by atoms with Crippen LogP contribution >= 0.6 is 0 Å². The molecule has 2 N–H and O–H groups in total. The van der Waals surface area contributed by atoms with E-state index in [0.29, 0.717) is 22.9 Å². The summed E-state index contributed by atoms with van der Waals surface area (Å²) in [4.78, 5) is 25.7. The van der Waals surface area contributed by atoms with Crippen LogP contribution in [0.25, 0.3) is 32.8 Å². The number of nitrogens with two attached hydrogens (primary N) is 1. The molecule has 0 atom stereocenters. The summed E-state index contributed by atoms with van der Waals surface area (Å²) in [5.41, 5.74) is 10.5. The van der Waals surface area contributed by atoms with Crippen LogP contribution < -0.4 is 5.73 Å². The molecule has 0 aliphatic rings. The van der Waals surface area contributed by atoms with Gasteiger partial charge < -0.3 is 19.8 Å². The first kappa shape index (κ1) is 24.8. The van der Waals surface area contributed by atoms with Gasteiger partial charge in [0.25, 0.3) is 0 Å². The van der Waals surface area contributed by atoms with Gasteiger partial charge in [-0.2, -0.15) is 5.26 Å². The van der Waals surface area contributed by atoms with Gasteiger partial charge in [0.15, 0.2) is 5.69 Å². The second-order valence-electron chi connectivity index (χ2n) is 8.44. The molecule has 0 aliphatic heterocycles. The van der Waals surface area contributed by atoms with Crippen molar-refractivity contribution < 1.29 is 19.1 Å². The SMILES string of the molecule is CCCc1cc(C#N)c2c(c(N)c(C(=O)OCC)n2CC(=O)OCC)c1-c1cccc2ccccc12. The molecule has 1 aromatic heterocycles. The Bertz CT molecular complexity index is 1510. The van der Waals surface area contributed by atoms with Crippen molar-refractivity contribution in [2.45, 2.75) is 40.2 Å². The van der Waals surface area contributed by atoms with Gasteiger partial charge in [0, 0.05) is 5.39 Å². The predicted octanol–water partition coefficient (Wildman–Crippen LogP) is 5.61. The zero-order valence-electron chi connectivity index (χ0n) is 20.8. The number of benzene rings is 3. The Morgan fingerprint density at radius 1 is 1.03 bits per heavy atom. The van der Waals surface area contributed by atoms with Gasteiger partial charge in [-0.15, -0.1) is 0 Å². The molecule has 7 nitrogen and oxygen atoms in total. The minimum atomic E-state index is -0.653. The molecule has 0 amide bonds. The first-order valence-electron chi connectivity index (χ1n) is 12.1. The molecule has 3 aromatic carbocycles. The summed E-state index contributed by atoms with van der Waals surface area (Å²) >= 11 is 0. The van der Waals surface area contributed by atoms with Gasteiger partial charge in [-0.05, 0) is 53.8 Å². The summed E-state index contributed by atoms with van der Waals surface area (Å²) in [5.74, 6) is -1.19. The standard InChI is InChI=1S/C29H29N3O4/c1-4-10-19-15-20(16-30)27-25(24(19)22-14-9-12-18-11-7-8-13-21(18)22)26(31)28(29(34)36-6-3)32(27)17-23(33)35-5-2/h7-9,11-15H,4-6,10,17,31H2,1-3H3. The highest BCUT2D eigenvalue weighted by Crippen LogP contribution is 2.43. The molecule has 0 fully saturated rings. The average molecular weight is 484 g/mol. The van der Waals surface area contributed by atoms with Crippen LogP contribution in [0.1, 0.15) is 48.8 Å². The Balaban J connectivity index is 2.19. The van der Waals surface area contributed by atoms with Gasteiger partial charge in [-0.1, -0.05) is 55.8 Å². The van der Waals surface area contributed by atoms with Crippen molar-refractivity contribution in [1.82, 2.24) is 4.57 Å². The first-order valence-corrected chi connectivity index (χ1v) is 12.1. The van der Waals surface area contributed by atoms with Crippen molar-refractivity contribution in [2.75, 3.05) is 18.9 Å². The molecule has 0 saturated heterocycles. The lowest BCUT2D eigenvalue weighted by molar-refractivity contribution is -0.143. The van der Waals surface area contributed by atoms with E-state index >= 15 is 0 Å². The van der Waals surface area contributed by atoms with Crippen LogP contribution in [0, 0.1) is 11.3 Å². The molecule has 0 aliphatic carbocycles. The molecule has 0 unspecified atom stereocenters. The van der Waals surface area contributed by atoms with Crippen molar-refractivity contribution in [3.05, 3.63) is 65.4 Å². The van der Waals surface area contributed by atoms with Crippen LogP contribution in [-0.4, -0.2) is 29.7 Å². The minimum absolute atomic E-state index is 0.0477. The Kier molecular flexibility index (Phi) is 7.25. The maximum atomic E-state index is 13.1. The summed E-state index contributed by atoms with van der Waals surface area (Å²) in [7, 11) is 0. The van der Waals surface area contributed by atoms with E-state index < -0.39 is 11.9 Å². The summed E-state index contributed by atoms with van der Waals surface area (Å²) in [6, 6.07) is 18.2. The van der Waals surface area contributed by atoms with E-state index in [1.807, 2.05) is 48.5 Å². The number of hydrogen-bond donors (Lipinski definition) is 1. The maximum Gasteiger partial charge on any atom is 0.357 e. The van der Waals surface area contributed by atoms with Gasteiger partial charge in [0.2, 0.25) is 0 Å². The average Bonchev–Trinajstić information content (AvgIpc) is 3.15. The fourth-order valence-corrected chi connectivity index (χ4v) is 4.86. The third-order valence-electron chi connectivity index (χ3n) is 6.21. The number of hydrogen-bond acceptors (Lipinski definition) is 6. The Hall–Kier alpha value is -4.31. The van der Waals surface area contributed by atoms with Crippen molar-refractivity contribution in [1.29, 1.82) is 5.26 Å². The molecule has 7 heteroatoms. The smallest absolute Gasteiger partial charge is 0.357 e. The largest absolute Gasteiger partial charge is 0.465 e. The van der Waals surface area contributed by atoms with Crippen molar-refractivity contribution in [3.8, 4) is 17.2 Å². The van der Waals surface area contributed by atoms with Crippen LogP contribution in [0.5, 0.6) is 0 Å². The highest BCUT2D eigenvalue weighted by Gasteiger charge is 2.29. The van der Waals surface area contributed by atoms with E-state index in [2.05, 4.69) is 13.0 Å². The molecular weight excluding hydrogens is 454 g/mol. The maximum absolute atomic E-state index is 13.1. The van der Waals surface area contributed by atoms with Gasteiger partial charge >= 0.3 is 11.9 Å². The first-order chi connectivity index (χ1) is 17.5.